The van der Waals surface area contributed by atoms with Gasteiger partial charge in [0.2, 0.25) is 10.0 Å². The summed E-state index contributed by atoms with van der Waals surface area (Å²) in [5.74, 6) is 0. The van der Waals surface area contributed by atoms with Crippen LogP contribution in [0.25, 0.3) is 0 Å². The first kappa shape index (κ1) is 23.1. The van der Waals surface area contributed by atoms with Crippen molar-refractivity contribution in [1.29, 1.82) is 0 Å². The van der Waals surface area contributed by atoms with Crippen LogP contribution in [0.4, 0.5) is 11.4 Å². The second-order valence-electron chi connectivity index (χ2n) is 6.68. The molecule has 0 aliphatic carbocycles. The fourth-order valence-corrected chi connectivity index (χ4v) is 4.05. The average molecular weight is 456 g/mol. The monoisotopic (exact) mass is 455 g/mol. The Morgan fingerprint density at radius 3 is 2.21 bits per heavy atom. The van der Waals surface area contributed by atoms with E-state index in [1.54, 1.807) is 48.5 Å². The summed E-state index contributed by atoms with van der Waals surface area (Å²) in [5.41, 5.74) is 2.08. The summed E-state index contributed by atoms with van der Waals surface area (Å²) in [7, 11) is -5.12. The minimum Gasteiger partial charge on any atom is -0.356 e. The van der Waals surface area contributed by atoms with Crippen LogP contribution in [-0.2, 0) is 19.9 Å². The standard InChI is InChI=1S/C19H25N3O4S3/c1-5-18(14-9-11-17(12-10-14)28(3,23)24)21-19(27)20-15-7-6-8-16(13-15)22(2)29(4,25)26/h6-13,18H,5H2,1-4H3,(H2,20,21,27)/t18-/m0/s1. The maximum Gasteiger partial charge on any atom is 0.231 e. The van der Waals surface area contributed by atoms with E-state index in [0.717, 1.165) is 18.2 Å². The maximum absolute atomic E-state index is 11.7. The molecule has 29 heavy (non-hydrogen) atoms. The van der Waals surface area contributed by atoms with Crippen molar-refractivity contribution >= 4 is 48.6 Å². The van der Waals surface area contributed by atoms with Gasteiger partial charge < -0.3 is 10.6 Å². The molecule has 0 saturated heterocycles. The molecule has 0 fully saturated rings. The molecule has 0 spiro atoms. The van der Waals surface area contributed by atoms with Crippen LogP contribution in [0.15, 0.2) is 53.4 Å². The number of nitrogens with one attached hydrogen (secondary N) is 2. The highest BCUT2D eigenvalue weighted by molar-refractivity contribution is 7.92. The van der Waals surface area contributed by atoms with Crippen molar-refractivity contribution in [3.05, 3.63) is 54.1 Å². The molecule has 0 bridgehead atoms. The Morgan fingerprint density at radius 1 is 1.07 bits per heavy atom. The number of sulfonamides is 1. The average Bonchev–Trinajstić information content (AvgIpc) is 2.64. The van der Waals surface area contributed by atoms with Gasteiger partial charge in [-0.05, 0) is 54.5 Å². The predicted molar refractivity (Wildman–Crippen MR) is 122 cm³/mol. The third-order valence-electron chi connectivity index (χ3n) is 4.39. The summed E-state index contributed by atoms with van der Waals surface area (Å²) in [4.78, 5) is 0.267. The van der Waals surface area contributed by atoms with Crippen molar-refractivity contribution < 1.29 is 16.8 Å². The lowest BCUT2D eigenvalue weighted by Gasteiger charge is -2.21. The number of sulfone groups is 1. The molecule has 1 atom stereocenters. The number of rotatable bonds is 7. The summed E-state index contributed by atoms with van der Waals surface area (Å²) in [6.45, 7) is 1.99. The van der Waals surface area contributed by atoms with Crippen molar-refractivity contribution in [2.75, 3.05) is 29.2 Å². The highest BCUT2D eigenvalue weighted by Crippen LogP contribution is 2.22. The van der Waals surface area contributed by atoms with E-state index in [1.807, 2.05) is 6.92 Å². The fourth-order valence-electron chi connectivity index (χ4n) is 2.66. The third kappa shape index (κ3) is 6.41. The van der Waals surface area contributed by atoms with Crippen molar-refractivity contribution in [2.24, 2.45) is 0 Å². The van der Waals surface area contributed by atoms with Gasteiger partial charge in [-0.2, -0.15) is 0 Å². The molecule has 2 rings (SSSR count). The van der Waals surface area contributed by atoms with Crippen LogP contribution in [-0.4, -0.2) is 41.5 Å². The molecule has 2 aromatic rings. The van der Waals surface area contributed by atoms with Crippen LogP contribution in [0, 0.1) is 0 Å². The molecular weight excluding hydrogens is 430 g/mol. The molecule has 158 valence electrons. The van der Waals surface area contributed by atoms with Crippen LogP contribution in [0.5, 0.6) is 0 Å². The Hall–Kier alpha value is -2.17. The summed E-state index contributed by atoms with van der Waals surface area (Å²) in [5, 5.41) is 6.65. The van der Waals surface area contributed by atoms with Crippen LogP contribution in [0.2, 0.25) is 0 Å². The molecule has 0 radical (unpaired) electrons. The Kier molecular flexibility index (Phi) is 7.25. The molecule has 0 aliphatic heterocycles. The third-order valence-corrected chi connectivity index (χ3v) is 6.94. The van der Waals surface area contributed by atoms with E-state index in [1.165, 1.54) is 17.6 Å². The highest BCUT2D eigenvalue weighted by Gasteiger charge is 2.15. The van der Waals surface area contributed by atoms with E-state index >= 15 is 0 Å². The molecule has 0 saturated carbocycles. The molecule has 7 nitrogen and oxygen atoms in total. The molecule has 2 N–H and O–H groups in total. The Labute approximate surface area is 178 Å². The van der Waals surface area contributed by atoms with Crippen molar-refractivity contribution in [2.45, 2.75) is 24.3 Å². The molecule has 0 aromatic heterocycles. The van der Waals surface area contributed by atoms with Gasteiger partial charge in [0.25, 0.3) is 0 Å². The van der Waals surface area contributed by atoms with Crippen molar-refractivity contribution in [1.82, 2.24) is 5.32 Å². The van der Waals surface area contributed by atoms with E-state index in [2.05, 4.69) is 10.6 Å². The minimum absolute atomic E-state index is 0.106. The number of hydrogen-bond acceptors (Lipinski definition) is 5. The first-order valence-electron chi connectivity index (χ1n) is 8.83. The number of hydrogen-bond donors (Lipinski definition) is 2. The van der Waals surface area contributed by atoms with Gasteiger partial charge in [0, 0.05) is 19.0 Å². The lowest BCUT2D eigenvalue weighted by molar-refractivity contribution is 0.599. The zero-order chi connectivity index (χ0) is 21.8. The van der Waals surface area contributed by atoms with Crippen LogP contribution >= 0.6 is 12.2 Å². The second-order valence-corrected chi connectivity index (χ2v) is 11.1. The highest BCUT2D eigenvalue weighted by atomic mass is 32.2. The lowest BCUT2D eigenvalue weighted by atomic mass is 10.1. The molecule has 0 unspecified atom stereocenters. The van der Waals surface area contributed by atoms with Gasteiger partial charge in [-0.15, -0.1) is 0 Å². The quantitative estimate of drug-likeness (QED) is 0.620. The topological polar surface area (TPSA) is 95.6 Å². The Bertz CT molecular complexity index is 1080. The predicted octanol–water partition coefficient (Wildman–Crippen LogP) is 2.92. The van der Waals surface area contributed by atoms with Gasteiger partial charge in [0.05, 0.1) is 22.9 Å². The fraction of sp³-hybridized carbons (Fsp3) is 0.316. The zero-order valence-electron chi connectivity index (χ0n) is 16.7. The van der Waals surface area contributed by atoms with E-state index in [0.29, 0.717) is 16.5 Å². The Balaban J connectivity index is 2.11. The van der Waals surface area contributed by atoms with E-state index in [9.17, 15) is 16.8 Å². The number of thiocarbonyl (C=S) groups is 1. The van der Waals surface area contributed by atoms with Gasteiger partial charge in [0.1, 0.15) is 0 Å². The Morgan fingerprint density at radius 2 is 1.69 bits per heavy atom. The smallest absolute Gasteiger partial charge is 0.231 e. The molecule has 0 heterocycles. The second kappa shape index (κ2) is 9.10. The molecule has 0 aliphatic rings. The first-order valence-corrected chi connectivity index (χ1v) is 13.0. The van der Waals surface area contributed by atoms with Gasteiger partial charge in [-0.3, -0.25) is 4.31 Å². The normalized spacial score (nSPS) is 12.8. The van der Waals surface area contributed by atoms with Crippen molar-refractivity contribution in [3.63, 3.8) is 0 Å². The SMILES string of the molecule is CC[C@H](NC(=S)Nc1cccc(N(C)S(C)(=O)=O)c1)c1ccc(S(C)(=O)=O)cc1. The van der Waals surface area contributed by atoms with Crippen LogP contribution in [0.1, 0.15) is 24.9 Å². The minimum atomic E-state index is -3.36. The van der Waals surface area contributed by atoms with E-state index < -0.39 is 19.9 Å². The van der Waals surface area contributed by atoms with Gasteiger partial charge in [-0.25, -0.2) is 16.8 Å². The summed E-state index contributed by atoms with van der Waals surface area (Å²) in [6, 6.07) is 13.5. The molecule has 2 aromatic carbocycles. The summed E-state index contributed by atoms with van der Waals surface area (Å²) < 4.78 is 47.9. The van der Waals surface area contributed by atoms with Crippen molar-refractivity contribution in [3.8, 4) is 0 Å². The summed E-state index contributed by atoms with van der Waals surface area (Å²) in [6.07, 6.45) is 3.04. The van der Waals surface area contributed by atoms with Crippen LogP contribution in [0.3, 0.4) is 0 Å². The lowest BCUT2D eigenvalue weighted by Crippen LogP contribution is -2.32. The van der Waals surface area contributed by atoms with Gasteiger partial charge >= 0.3 is 0 Å². The maximum atomic E-state index is 11.7. The van der Waals surface area contributed by atoms with Gasteiger partial charge in [0.15, 0.2) is 14.9 Å². The summed E-state index contributed by atoms with van der Waals surface area (Å²) >= 11 is 5.40. The zero-order valence-corrected chi connectivity index (χ0v) is 19.2. The first-order chi connectivity index (χ1) is 13.4. The molecule has 0 amide bonds. The molecule has 10 heteroatoms. The molecular formula is C19H25N3O4S3. The largest absolute Gasteiger partial charge is 0.356 e. The van der Waals surface area contributed by atoms with Gasteiger partial charge in [-0.1, -0.05) is 25.1 Å². The van der Waals surface area contributed by atoms with E-state index in [4.69, 9.17) is 12.2 Å². The number of anilines is 2. The van der Waals surface area contributed by atoms with E-state index in [-0.39, 0.29) is 10.9 Å². The van der Waals surface area contributed by atoms with Crippen LogP contribution < -0.4 is 14.9 Å². The number of benzene rings is 2. The number of nitrogens with zero attached hydrogens (tertiary/aromatic N) is 1.